The van der Waals surface area contributed by atoms with Gasteiger partial charge in [-0.2, -0.15) is 0 Å². The van der Waals surface area contributed by atoms with Crippen molar-refractivity contribution in [2.45, 2.75) is 20.8 Å². The maximum absolute atomic E-state index is 12.1. The summed E-state index contributed by atoms with van der Waals surface area (Å²) in [5.74, 6) is -0.694. The van der Waals surface area contributed by atoms with Crippen molar-refractivity contribution >= 4 is 17.7 Å². The van der Waals surface area contributed by atoms with Crippen molar-refractivity contribution in [1.29, 1.82) is 0 Å². The summed E-state index contributed by atoms with van der Waals surface area (Å²) < 4.78 is 5.30. The molecule has 142 valence electrons. The number of aryl methyl sites for hydroxylation is 2. The van der Waals surface area contributed by atoms with Gasteiger partial charge >= 0.3 is 0 Å². The van der Waals surface area contributed by atoms with Crippen LogP contribution in [0.1, 0.15) is 38.8 Å². The van der Waals surface area contributed by atoms with E-state index < -0.39 is 11.8 Å². The Kier molecular flexibility index (Phi) is 6.93. The molecule has 27 heavy (non-hydrogen) atoms. The van der Waals surface area contributed by atoms with Crippen LogP contribution in [0.5, 0.6) is 5.75 Å². The monoisotopic (exact) mass is 369 g/mol. The van der Waals surface area contributed by atoms with Gasteiger partial charge in [-0.05, 0) is 57.2 Å². The fraction of sp³-hybridized carbons (Fsp3) is 0.250. The molecule has 0 atom stereocenters. The van der Waals surface area contributed by atoms with E-state index in [1.807, 2.05) is 26.8 Å². The highest BCUT2D eigenvalue weighted by Gasteiger charge is 2.11. The maximum Gasteiger partial charge on any atom is 0.269 e. The van der Waals surface area contributed by atoms with Gasteiger partial charge in [0, 0.05) is 11.1 Å². The number of rotatable bonds is 6. The molecule has 7 heteroatoms. The van der Waals surface area contributed by atoms with E-state index >= 15 is 0 Å². The minimum Gasteiger partial charge on any atom is -0.494 e. The average Bonchev–Trinajstić information content (AvgIpc) is 2.64. The molecule has 0 aliphatic heterocycles. The number of nitrogens with one attached hydrogen (secondary N) is 3. The third-order valence-corrected chi connectivity index (χ3v) is 3.64. The molecular formula is C20H23N3O4. The number of benzene rings is 2. The summed E-state index contributed by atoms with van der Waals surface area (Å²) in [6.45, 7) is 5.94. The maximum atomic E-state index is 12.1. The summed E-state index contributed by atoms with van der Waals surface area (Å²) in [7, 11) is 0. The van der Waals surface area contributed by atoms with E-state index in [4.69, 9.17) is 4.74 Å². The van der Waals surface area contributed by atoms with Gasteiger partial charge in [-0.3, -0.25) is 25.2 Å². The molecular weight excluding hydrogens is 346 g/mol. The molecule has 0 saturated carbocycles. The van der Waals surface area contributed by atoms with Crippen LogP contribution in [0.3, 0.4) is 0 Å². The Balaban J connectivity index is 1.80. The SMILES string of the molecule is CCOc1ccc(C(=O)NNC(=O)CNC(=O)c2cc(C)cc(C)c2)cc1. The summed E-state index contributed by atoms with van der Waals surface area (Å²) >= 11 is 0. The second-order valence-corrected chi connectivity index (χ2v) is 6.02. The van der Waals surface area contributed by atoms with E-state index in [1.54, 1.807) is 36.4 Å². The van der Waals surface area contributed by atoms with Crippen molar-refractivity contribution in [2.75, 3.05) is 13.2 Å². The molecule has 0 unspecified atom stereocenters. The molecule has 0 saturated heterocycles. The number of amides is 3. The van der Waals surface area contributed by atoms with Gasteiger partial charge in [0.2, 0.25) is 0 Å². The molecule has 0 aliphatic carbocycles. The molecule has 3 N–H and O–H groups in total. The van der Waals surface area contributed by atoms with Gasteiger partial charge in [0.05, 0.1) is 13.2 Å². The zero-order chi connectivity index (χ0) is 19.8. The first-order chi connectivity index (χ1) is 12.9. The number of carbonyl (C=O) groups excluding carboxylic acids is 3. The number of hydrogen-bond donors (Lipinski definition) is 3. The third kappa shape index (κ3) is 6.14. The molecule has 0 radical (unpaired) electrons. The highest BCUT2D eigenvalue weighted by Crippen LogP contribution is 2.11. The summed E-state index contributed by atoms with van der Waals surface area (Å²) in [6, 6.07) is 12.0. The van der Waals surface area contributed by atoms with E-state index in [9.17, 15) is 14.4 Å². The summed E-state index contributed by atoms with van der Waals surface area (Å²) in [5, 5.41) is 2.52. The quantitative estimate of drug-likeness (QED) is 0.678. The number of ether oxygens (including phenoxy) is 1. The molecule has 2 rings (SSSR count). The van der Waals surface area contributed by atoms with Crippen molar-refractivity contribution < 1.29 is 19.1 Å². The largest absolute Gasteiger partial charge is 0.494 e. The molecule has 0 heterocycles. The number of hydrazine groups is 1. The lowest BCUT2D eigenvalue weighted by molar-refractivity contribution is -0.120. The highest BCUT2D eigenvalue weighted by molar-refractivity contribution is 5.98. The van der Waals surface area contributed by atoms with Crippen LogP contribution >= 0.6 is 0 Å². The Labute approximate surface area is 158 Å². The minimum absolute atomic E-state index is 0.255. The van der Waals surface area contributed by atoms with Gasteiger partial charge < -0.3 is 10.1 Å². The van der Waals surface area contributed by atoms with E-state index in [-0.39, 0.29) is 12.5 Å². The topological polar surface area (TPSA) is 96.5 Å². The second-order valence-electron chi connectivity index (χ2n) is 6.02. The van der Waals surface area contributed by atoms with Gasteiger partial charge in [-0.1, -0.05) is 17.2 Å². The average molecular weight is 369 g/mol. The molecule has 0 bridgehead atoms. The Bertz CT molecular complexity index is 811. The Hall–Kier alpha value is -3.35. The lowest BCUT2D eigenvalue weighted by Crippen LogP contribution is -2.46. The first kappa shape index (κ1) is 20.0. The zero-order valence-electron chi connectivity index (χ0n) is 15.6. The van der Waals surface area contributed by atoms with Crippen molar-refractivity contribution in [2.24, 2.45) is 0 Å². The Morgan fingerprint density at radius 3 is 2.07 bits per heavy atom. The van der Waals surface area contributed by atoms with Gasteiger partial charge in [0.1, 0.15) is 5.75 Å². The Morgan fingerprint density at radius 1 is 0.852 bits per heavy atom. The lowest BCUT2D eigenvalue weighted by Gasteiger charge is -2.10. The van der Waals surface area contributed by atoms with Crippen LogP contribution in [-0.4, -0.2) is 30.9 Å². The number of hydrogen-bond acceptors (Lipinski definition) is 4. The van der Waals surface area contributed by atoms with Crippen LogP contribution in [0, 0.1) is 13.8 Å². The summed E-state index contributed by atoms with van der Waals surface area (Å²) in [6.07, 6.45) is 0. The van der Waals surface area contributed by atoms with E-state index in [2.05, 4.69) is 16.2 Å². The molecule has 0 spiro atoms. The first-order valence-corrected chi connectivity index (χ1v) is 8.57. The third-order valence-electron chi connectivity index (χ3n) is 3.64. The van der Waals surface area contributed by atoms with Crippen LogP contribution in [0.25, 0.3) is 0 Å². The molecule has 7 nitrogen and oxygen atoms in total. The fourth-order valence-corrected chi connectivity index (χ4v) is 2.48. The van der Waals surface area contributed by atoms with Gasteiger partial charge in [0.15, 0.2) is 0 Å². The normalized spacial score (nSPS) is 10.0. The molecule has 3 amide bonds. The second kappa shape index (κ2) is 9.38. The molecule has 0 aromatic heterocycles. The van der Waals surface area contributed by atoms with Crippen LogP contribution < -0.4 is 20.9 Å². The lowest BCUT2D eigenvalue weighted by atomic mass is 10.1. The predicted molar refractivity (Wildman–Crippen MR) is 101 cm³/mol. The molecule has 2 aromatic rings. The fourth-order valence-electron chi connectivity index (χ4n) is 2.48. The standard InChI is InChI=1S/C20H23N3O4/c1-4-27-17-7-5-15(6-8-17)20(26)23-22-18(24)12-21-19(25)16-10-13(2)9-14(3)11-16/h5-11H,4,12H2,1-3H3,(H,21,25)(H,22,24)(H,23,26). The van der Waals surface area contributed by atoms with Gasteiger partial charge in [-0.15, -0.1) is 0 Å². The molecule has 0 fully saturated rings. The van der Waals surface area contributed by atoms with Crippen molar-refractivity contribution in [3.63, 3.8) is 0 Å². The van der Waals surface area contributed by atoms with E-state index in [0.717, 1.165) is 11.1 Å². The van der Waals surface area contributed by atoms with Crippen LogP contribution in [-0.2, 0) is 4.79 Å². The summed E-state index contributed by atoms with van der Waals surface area (Å²) in [5.41, 5.74) is 7.36. The van der Waals surface area contributed by atoms with Gasteiger partial charge in [0.25, 0.3) is 17.7 Å². The number of carbonyl (C=O) groups is 3. The van der Waals surface area contributed by atoms with Gasteiger partial charge in [-0.25, -0.2) is 0 Å². The molecule has 2 aromatic carbocycles. The molecule has 0 aliphatic rings. The van der Waals surface area contributed by atoms with E-state index in [0.29, 0.717) is 23.5 Å². The van der Waals surface area contributed by atoms with E-state index in [1.165, 1.54) is 0 Å². The van der Waals surface area contributed by atoms with Crippen molar-refractivity contribution in [3.8, 4) is 5.75 Å². The smallest absolute Gasteiger partial charge is 0.269 e. The van der Waals surface area contributed by atoms with Crippen molar-refractivity contribution in [1.82, 2.24) is 16.2 Å². The predicted octanol–water partition coefficient (Wildman–Crippen LogP) is 1.89. The van der Waals surface area contributed by atoms with Crippen LogP contribution in [0.4, 0.5) is 0 Å². The van der Waals surface area contributed by atoms with Crippen LogP contribution in [0.2, 0.25) is 0 Å². The Morgan fingerprint density at radius 2 is 1.48 bits per heavy atom. The van der Waals surface area contributed by atoms with Crippen molar-refractivity contribution in [3.05, 3.63) is 64.7 Å². The zero-order valence-corrected chi connectivity index (χ0v) is 15.6. The minimum atomic E-state index is -0.535. The van der Waals surface area contributed by atoms with Crippen LogP contribution in [0.15, 0.2) is 42.5 Å². The first-order valence-electron chi connectivity index (χ1n) is 8.57. The highest BCUT2D eigenvalue weighted by atomic mass is 16.5. The summed E-state index contributed by atoms with van der Waals surface area (Å²) in [4.78, 5) is 35.9.